The number of rotatable bonds is 4. The fraction of sp³-hybridized carbons (Fsp3) is 0.263. The Morgan fingerprint density at radius 2 is 1.71 bits per heavy atom. The summed E-state index contributed by atoms with van der Waals surface area (Å²) < 4.78 is 4.62. The Balaban J connectivity index is 1.78. The van der Waals surface area contributed by atoms with Crippen molar-refractivity contribution in [2.24, 2.45) is 0 Å². The van der Waals surface area contributed by atoms with Gasteiger partial charge in [0, 0.05) is 43.9 Å². The maximum absolute atomic E-state index is 12.9. The first kappa shape index (κ1) is 19.6. The van der Waals surface area contributed by atoms with Crippen molar-refractivity contribution in [3.63, 3.8) is 0 Å². The van der Waals surface area contributed by atoms with Crippen LogP contribution in [0.4, 0.5) is 11.4 Å². The molecule has 2 aromatic rings. The minimum Gasteiger partial charge on any atom is -0.465 e. The van der Waals surface area contributed by atoms with Crippen LogP contribution >= 0.6 is 11.6 Å². The van der Waals surface area contributed by atoms with Crippen molar-refractivity contribution in [2.45, 2.75) is 0 Å². The first-order valence-corrected chi connectivity index (χ1v) is 8.95. The van der Waals surface area contributed by atoms with Crippen LogP contribution in [0.1, 0.15) is 20.7 Å². The molecule has 0 radical (unpaired) electrons. The second-order valence-electron chi connectivity index (χ2n) is 6.25. The number of nitrogens with zero attached hydrogens (tertiary/aromatic N) is 3. The number of carbonyl (C=O) groups is 2. The number of halogens is 1. The number of benzene rings is 2. The molecule has 9 heteroatoms. The molecule has 1 saturated heterocycles. The predicted octanol–water partition coefficient (Wildman–Crippen LogP) is 3.00. The first-order chi connectivity index (χ1) is 13.4. The van der Waals surface area contributed by atoms with Crippen LogP contribution in [0.2, 0.25) is 5.02 Å². The molecule has 0 spiro atoms. The Bertz CT molecular complexity index is 926. The molecule has 8 nitrogen and oxygen atoms in total. The molecular weight excluding hydrogens is 386 g/mol. The van der Waals surface area contributed by atoms with Crippen LogP contribution in [0.3, 0.4) is 0 Å². The summed E-state index contributed by atoms with van der Waals surface area (Å²) in [6, 6.07) is 11.1. The Morgan fingerprint density at radius 3 is 2.32 bits per heavy atom. The van der Waals surface area contributed by atoms with Gasteiger partial charge in [0.2, 0.25) is 0 Å². The molecule has 28 heavy (non-hydrogen) atoms. The number of nitro benzene ring substituents is 1. The summed E-state index contributed by atoms with van der Waals surface area (Å²) in [5, 5.41) is 11.8. The quantitative estimate of drug-likeness (QED) is 0.442. The Hall–Kier alpha value is -3.13. The van der Waals surface area contributed by atoms with Gasteiger partial charge in [0.05, 0.1) is 28.3 Å². The number of nitro groups is 1. The largest absolute Gasteiger partial charge is 0.465 e. The fourth-order valence-corrected chi connectivity index (χ4v) is 3.37. The van der Waals surface area contributed by atoms with E-state index in [9.17, 15) is 19.7 Å². The first-order valence-electron chi connectivity index (χ1n) is 8.57. The monoisotopic (exact) mass is 403 g/mol. The molecule has 1 aliphatic rings. The van der Waals surface area contributed by atoms with E-state index in [1.165, 1.54) is 19.2 Å². The number of methoxy groups -OCH3 is 1. The van der Waals surface area contributed by atoms with Gasteiger partial charge >= 0.3 is 5.97 Å². The van der Waals surface area contributed by atoms with Gasteiger partial charge in [-0.1, -0.05) is 23.7 Å². The third-order valence-corrected chi connectivity index (χ3v) is 4.88. The lowest BCUT2D eigenvalue weighted by atomic mass is 10.1. The van der Waals surface area contributed by atoms with Gasteiger partial charge in [0.1, 0.15) is 0 Å². The minimum atomic E-state index is -0.735. The number of para-hydroxylation sites is 1. The molecule has 2 aromatic carbocycles. The second-order valence-corrected chi connectivity index (χ2v) is 6.66. The minimum absolute atomic E-state index is 0.0326. The lowest BCUT2D eigenvalue weighted by molar-refractivity contribution is -0.384. The van der Waals surface area contributed by atoms with Crippen LogP contribution in [-0.2, 0) is 4.74 Å². The van der Waals surface area contributed by atoms with E-state index in [0.717, 1.165) is 11.8 Å². The van der Waals surface area contributed by atoms with Crippen molar-refractivity contribution < 1.29 is 19.2 Å². The summed E-state index contributed by atoms with van der Waals surface area (Å²) in [5.74, 6) is -1.10. The molecular formula is C19H18ClN3O5. The average Bonchev–Trinajstić information content (AvgIpc) is 2.72. The Kier molecular flexibility index (Phi) is 5.79. The van der Waals surface area contributed by atoms with Crippen LogP contribution in [0.15, 0.2) is 42.5 Å². The van der Waals surface area contributed by atoms with Gasteiger partial charge in [0.15, 0.2) is 0 Å². The van der Waals surface area contributed by atoms with Crippen LogP contribution in [-0.4, -0.2) is 55.0 Å². The summed E-state index contributed by atoms with van der Waals surface area (Å²) in [6.07, 6.45) is 0. The Morgan fingerprint density at radius 1 is 1.07 bits per heavy atom. The lowest BCUT2D eigenvalue weighted by Crippen LogP contribution is -2.48. The number of anilines is 1. The molecule has 1 heterocycles. The molecule has 0 N–H and O–H groups in total. The Labute approximate surface area is 166 Å². The molecule has 0 unspecified atom stereocenters. The van der Waals surface area contributed by atoms with Gasteiger partial charge in [-0.05, 0) is 18.2 Å². The van der Waals surface area contributed by atoms with Crippen molar-refractivity contribution in [1.29, 1.82) is 0 Å². The van der Waals surface area contributed by atoms with E-state index >= 15 is 0 Å². The molecule has 0 saturated carbocycles. The van der Waals surface area contributed by atoms with E-state index in [1.807, 2.05) is 24.3 Å². The van der Waals surface area contributed by atoms with Gasteiger partial charge in [-0.15, -0.1) is 0 Å². The summed E-state index contributed by atoms with van der Waals surface area (Å²) >= 11 is 6.23. The highest BCUT2D eigenvalue weighted by molar-refractivity contribution is 6.33. The van der Waals surface area contributed by atoms with E-state index in [2.05, 4.69) is 9.64 Å². The van der Waals surface area contributed by atoms with E-state index in [-0.39, 0.29) is 22.7 Å². The predicted molar refractivity (Wildman–Crippen MR) is 104 cm³/mol. The van der Waals surface area contributed by atoms with Gasteiger partial charge in [-0.3, -0.25) is 14.9 Å². The number of ether oxygens (including phenoxy) is 1. The number of esters is 1. The number of amides is 1. The molecule has 0 bridgehead atoms. The van der Waals surface area contributed by atoms with Gasteiger partial charge < -0.3 is 14.5 Å². The number of piperazine rings is 1. The van der Waals surface area contributed by atoms with E-state index in [1.54, 1.807) is 4.90 Å². The van der Waals surface area contributed by atoms with Crippen LogP contribution < -0.4 is 4.90 Å². The standard InChI is InChI=1S/C19H18ClN3O5/c1-28-19(25)14-10-13(11-15(12-14)23(26)27)18(24)22-8-6-21(7-9-22)17-5-3-2-4-16(17)20/h2-5,10-12H,6-9H2,1H3. The van der Waals surface area contributed by atoms with E-state index < -0.39 is 10.9 Å². The molecule has 1 aliphatic heterocycles. The molecule has 0 aromatic heterocycles. The highest BCUT2D eigenvalue weighted by Crippen LogP contribution is 2.26. The zero-order chi connectivity index (χ0) is 20.3. The van der Waals surface area contributed by atoms with Gasteiger partial charge in [-0.25, -0.2) is 4.79 Å². The summed E-state index contributed by atoms with van der Waals surface area (Å²) in [5.41, 5.74) is 0.621. The normalized spacial score (nSPS) is 13.9. The van der Waals surface area contributed by atoms with E-state index in [4.69, 9.17) is 11.6 Å². The summed E-state index contributed by atoms with van der Waals surface area (Å²) in [7, 11) is 1.18. The molecule has 3 rings (SSSR count). The third kappa shape index (κ3) is 4.07. The van der Waals surface area contributed by atoms with Crippen molar-refractivity contribution in [3.05, 3.63) is 68.7 Å². The summed E-state index contributed by atoms with van der Waals surface area (Å²) in [6.45, 7) is 2.02. The summed E-state index contributed by atoms with van der Waals surface area (Å²) in [4.78, 5) is 38.8. The zero-order valence-electron chi connectivity index (χ0n) is 15.1. The SMILES string of the molecule is COC(=O)c1cc(C(=O)N2CCN(c3ccccc3Cl)CC2)cc([N+](=O)[O-])c1. The fourth-order valence-electron chi connectivity index (χ4n) is 3.12. The van der Waals surface area contributed by atoms with E-state index in [0.29, 0.717) is 31.2 Å². The zero-order valence-corrected chi connectivity index (χ0v) is 15.9. The van der Waals surface area contributed by atoms with Crippen molar-refractivity contribution in [2.75, 3.05) is 38.2 Å². The van der Waals surface area contributed by atoms with Gasteiger partial charge in [-0.2, -0.15) is 0 Å². The number of carbonyl (C=O) groups excluding carboxylic acids is 2. The molecule has 1 fully saturated rings. The molecule has 1 amide bonds. The maximum Gasteiger partial charge on any atom is 0.338 e. The highest BCUT2D eigenvalue weighted by atomic mass is 35.5. The molecule has 0 aliphatic carbocycles. The van der Waals surface area contributed by atoms with Crippen molar-refractivity contribution >= 4 is 34.9 Å². The average molecular weight is 404 g/mol. The second kappa shape index (κ2) is 8.26. The maximum atomic E-state index is 12.9. The van der Waals surface area contributed by atoms with Crippen LogP contribution in [0.25, 0.3) is 0 Å². The van der Waals surface area contributed by atoms with Crippen LogP contribution in [0.5, 0.6) is 0 Å². The third-order valence-electron chi connectivity index (χ3n) is 4.56. The molecule has 0 atom stereocenters. The number of non-ortho nitro benzene ring substituents is 1. The number of hydrogen-bond acceptors (Lipinski definition) is 6. The lowest BCUT2D eigenvalue weighted by Gasteiger charge is -2.36. The molecule has 146 valence electrons. The smallest absolute Gasteiger partial charge is 0.338 e. The topological polar surface area (TPSA) is 93.0 Å². The van der Waals surface area contributed by atoms with Crippen molar-refractivity contribution in [3.8, 4) is 0 Å². The van der Waals surface area contributed by atoms with Crippen molar-refractivity contribution in [1.82, 2.24) is 4.90 Å². The highest BCUT2D eigenvalue weighted by Gasteiger charge is 2.26. The number of hydrogen-bond donors (Lipinski definition) is 0. The van der Waals surface area contributed by atoms with Gasteiger partial charge in [0.25, 0.3) is 11.6 Å². The van der Waals surface area contributed by atoms with Crippen LogP contribution in [0, 0.1) is 10.1 Å².